The van der Waals surface area contributed by atoms with E-state index in [1.54, 1.807) is 20.8 Å². The van der Waals surface area contributed by atoms with E-state index < -0.39 is 72.0 Å². The number of quaternary nitrogens is 1. The van der Waals surface area contributed by atoms with Gasteiger partial charge in [0.15, 0.2) is 20.1 Å². The van der Waals surface area contributed by atoms with Crippen molar-refractivity contribution in [2.45, 2.75) is 76.6 Å². The van der Waals surface area contributed by atoms with Gasteiger partial charge in [0.05, 0.1) is 13.2 Å². The lowest BCUT2D eigenvalue weighted by Gasteiger charge is -2.46. The molecule has 1 aliphatic heterocycles. The van der Waals surface area contributed by atoms with Gasteiger partial charge in [0.1, 0.15) is 13.1 Å². The van der Waals surface area contributed by atoms with E-state index in [9.17, 15) is 26.4 Å². The molecule has 1 aliphatic rings. The topological polar surface area (TPSA) is 60.4 Å². The summed E-state index contributed by atoms with van der Waals surface area (Å²) in [4.78, 5) is 11.9. The van der Waals surface area contributed by atoms with E-state index in [0.29, 0.717) is 18.1 Å². The van der Waals surface area contributed by atoms with Crippen LogP contribution < -0.4 is 0 Å². The minimum atomic E-state index is -4.92. The fraction of sp³-hybridized carbons (Fsp3) is 0.938. The number of hydrogen-bond donors (Lipinski definition) is 0. The maximum atomic E-state index is 15.5. The highest BCUT2D eigenvalue weighted by Gasteiger charge is 2.62. The molecule has 0 saturated carbocycles. The first-order chi connectivity index (χ1) is 12.1. The molecule has 0 spiro atoms. The summed E-state index contributed by atoms with van der Waals surface area (Å²) in [6.07, 6.45) is -8.08. The average molecular weight is 437 g/mol. The van der Waals surface area contributed by atoms with Crippen LogP contribution in [-0.4, -0.2) is 63.8 Å². The largest absolute Gasteiger partial charge is 0.416 e. The van der Waals surface area contributed by atoms with E-state index in [0.717, 1.165) is 13.2 Å². The first kappa shape index (κ1) is 24.5. The Labute approximate surface area is 159 Å². The van der Waals surface area contributed by atoms with Crippen LogP contribution in [0.3, 0.4) is 0 Å². The Bertz CT molecular complexity index is 633. The minimum absolute atomic E-state index is 0.430. The van der Waals surface area contributed by atoms with Crippen LogP contribution in [0.15, 0.2) is 0 Å². The van der Waals surface area contributed by atoms with Crippen LogP contribution in [-0.2, 0) is 19.2 Å². The molecule has 160 valence electrons. The van der Waals surface area contributed by atoms with E-state index in [2.05, 4.69) is 0 Å². The van der Waals surface area contributed by atoms with Gasteiger partial charge in [-0.2, -0.15) is 25.5 Å². The van der Waals surface area contributed by atoms with Gasteiger partial charge in [0, 0.05) is 12.8 Å². The molecule has 1 amide bonds. The number of piperidine rings is 1. The van der Waals surface area contributed by atoms with Crippen molar-refractivity contribution in [3.63, 3.8) is 0 Å². The zero-order valence-electron chi connectivity index (χ0n) is 16.5. The van der Waals surface area contributed by atoms with Crippen molar-refractivity contribution in [1.82, 2.24) is 0 Å². The summed E-state index contributed by atoms with van der Waals surface area (Å²) in [5, 5.41) is 0. The Morgan fingerprint density at radius 2 is 1.56 bits per heavy atom. The summed E-state index contributed by atoms with van der Waals surface area (Å²) in [6.45, 7) is 5.26. The summed E-state index contributed by atoms with van der Waals surface area (Å²) < 4.78 is 85.4. The van der Waals surface area contributed by atoms with Crippen molar-refractivity contribution in [3.05, 3.63) is 0 Å². The van der Waals surface area contributed by atoms with Gasteiger partial charge in [-0.1, -0.05) is 20.8 Å². The van der Waals surface area contributed by atoms with Gasteiger partial charge >= 0.3 is 22.1 Å². The molecule has 1 atom stereocenters. The zero-order chi connectivity index (χ0) is 21.3. The van der Waals surface area contributed by atoms with E-state index in [1.165, 1.54) is 0 Å². The quantitative estimate of drug-likeness (QED) is 0.346. The molecule has 11 heteroatoms. The molecule has 1 saturated heterocycles. The van der Waals surface area contributed by atoms with Crippen LogP contribution in [0.5, 0.6) is 0 Å². The third-order valence-corrected chi connectivity index (χ3v) is 12.5. The highest BCUT2D eigenvalue weighted by molar-refractivity contribution is 7.85. The van der Waals surface area contributed by atoms with Crippen molar-refractivity contribution in [2.24, 2.45) is 0 Å². The Hall–Kier alpha value is -0.523. The van der Waals surface area contributed by atoms with Crippen LogP contribution in [0, 0.1) is 0 Å². The van der Waals surface area contributed by atoms with Gasteiger partial charge < -0.3 is 4.43 Å². The van der Waals surface area contributed by atoms with Gasteiger partial charge in [-0.25, -0.2) is 9.18 Å². The Morgan fingerprint density at radius 3 is 1.81 bits per heavy atom. The Kier molecular flexibility index (Phi) is 7.33. The Morgan fingerprint density at radius 1 is 1.15 bits per heavy atom. The maximum Gasteiger partial charge on any atom is 0.416 e. The Balaban J connectivity index is 3.25. The molecule has 0 aromatic heterocycles. The lowest BCUT2D eigenvalue weighted by Crippen LogP contribution is -2.66. The second-order valence-electron chi connectivity index (χ2n) is 7.41. The lowest BCUT2D eigenvalue weighted by molar-refractivity contribution is -0.737. The average Bonchev–Trinajstić information content (AvgIpc) is 2.54. The highest BCUT2D eigenvalue weighted by atomic mass is 32.2. The number of carbonyl (C=O) groups is 1. The fourth-order valence-electron chi connectivity index (χ4n) is 3.83. The SMILES string of the molecule is CC[Si](CC)(CC)OC(C(F)(F)F)C1(F)CC[N+](C(C)=O)(S(C)(=O)=O)CC1. The molecule has 0 radical (unpaired) electrons. The van der Waals surface area contributed by atoms with Gasteiger partial charge in [0.25, 0.3) is 0 Å². The molecule has 0 aromatic carbocycles. The molecule has 0 aliphatic carbocycles. The summed E-state index contributed by atoms with van der Waals surface area (Å²) in [5.74, 6) is -0.719. The number of likely N-dealkylation sites (tertiary alicyclic amines) is 1. The first-order valence-electron chi connectivity index (χ1n) is 9.15. The molecular weight excluding hydrogens is 406 g/mol. The summed E-state index contributed by atoms with van der Waals surface area (Å²) in [6, 6.07) is 1.29. The van der Waals surface area contributed by atoms with Crippen LogP contribution in [0.4, 0.5) is 17.6 Å². The fourth-order valence-corrected chi connectivity index (χ4v) is 7.99. The third kappa shape index (κ3) is 4.73. The van der Waals surface area contributed by atoms with Crippen LogP contribution in [0.25, 0.3) is 0 Å². The summed E-state index contributed by atoms with van der Waals surface area (Å²) in [7, 11) is -6.71. The first-order valence-corrected chi connectivity index (χ1v) is 13.5. The molecule has 0 bridgehead atoms. The monoisotopic (exact) mass is 436 g/mol. The smallest absolute Gasteiger partial charge is 0.403 e. The highest BCUT2D eigenvalue weighted by Crippen LogP contribution is 2.44. The van der Waals surface area contributed by atoms with Crippen molar-refractivity contribution >= 4 is 24.2 Å². The number of nitrogens with zero attached hydrogens (tertiary/aromatic N) is 1. The standard InChI is InChI=1S/C16H30F4NO4SSi/c1-6-27(7-2,8-3)25-14(16(18,19)20)15(17)9-11-21(12-10-15,13(4)22)26(5,23)24/h14H,6-12H2,1-5H3/q+1. The van der Waals surface area contributed by atoms with Crippen molar-refractivity contribution in [1.29, 1.82) is 0 Å². The van der Waals surface area contributed by atoms with Crippen molar-refractivity contribution in [3.8, 4) is 0 Å². The zero-order valence-corrected chi connectivity index (χ0v) is 18.3. The predicted octanol–water partition coefficient (Wildman–Crippen LogP) is 3.76. The van der Waals surface area contributed by atoms with E-state index in [-0.39, 0.29) is 0 Å². The number of halogens is 4. The van der Waals surface area contributed by atoms with Gasteiger partial charge in [0.2, 0.25) is 0 Å². The number of sulfonamides is 1. The molecule has 0 aromatic rings. The van der Waals surface area contributed by atoms with Gasteiger partial charge in [-0.15, -0.1) is 0 Å². The lowest BCUT2D eigenvalue weighted by atomic mass is 9.87. The molecule has 1 rings (SSSR count). The molecule has 1 unspecified atom stereocenters. The van der Waals surface area contributed by atoms with Crippen molar-refractivity contribution in [2.75, 3.05) is 19.3 Å². The summed E-state index contributed by atoms with van der Waals surface area (Å²) >= 11 is 0. The van der Waals surface area contributed by atoms with Crippen LogP contribution in [0.1, 0.15) is 40.5 Å². The van der Waals surface area contributed by atoms with Crippen molar-refractivity contribution < 1.29 is 39.1 Å². The molecule has 1 fully saturated rings. The number of hydrogen-bond acceptors (Lipinski definition) is 4. The molecule has 27 heavy (non-hydrogen) atoms. The van der Waals surface area contributed by atoms with Crippen LogP contribution >= 0.6 is 0 Å². The maximum absolute atomic E-state index is 15.5. The number of rotatable bonds is 7. The minimum Gasteiger partial charge on any atom is -0.403 e. The second-order valence-corrected chi connectivity index (χ2v) is 14.3. The van der Waals surface area contributed by atoms with Crippen LogP contribution in [0.2, 0.25) is 18.1 Å². The van der Waals surface area contributed by atoms with Gasteiger partial charge in [-0.3, -0.25) is 0 Å². The summed E-state index contributed by atoms with van der Waals surface area (Å²) in [5.41, 5.74) is -2.75. The molecular formula is C16H30F4NO4SSi+. The molecule has 0 N–H and O–H groups in total. The van der Waals surface area contributed by atoms with E-state index >= 15 is 4.39 Å². The van der Waals surface area contributed by atoms with E-state index in [1.807, 2.05) is 0 Å². The number of carbonyl (C=O) groups excluding carboxylic acids is 1. The molecule has 5 nitrogen and oxygen atoms in total. The normalized spacial score (nSPS) is 28.8. The van der Waals surface area contributed by atoms with Gasteiger partial charge in [-0.05, 0) is 18.1 Å². The molecule has 1 heterocycles. The predicted molar refractivity (Wildman–Crippen MR) is 96.7 cm³/mol. The second kappa shape index (κ2) is 8.07. The number of amides is 1. The van der Waals surface area contributed by atoms with E-state index in [4.69, 9.17) is 4.43 Å². The number of alkyl halides is 4. The third-order valence-electron chi connectivity index (χ3n) is 6.05.